The summed E-state index contributed by atoms with van der Waals surface area (Å²) in [6, 6.07) is 29.0. The van der Waals surface area contributed by atoms with Gasteiger partial charge in [0.1, 0.15) is 18.8 Å². The number of nitrogens with zero attached hydrogens (tertiary/aromatic N) is 6. The fourth-order valence-corrected chi connectivity index (χ4v) is 10.2. The van der Waals surface area contributed by atoms with E-state index >= 15 is 0 Å². The Labute approximate surface area is 450 Å². The zero-order valence-corrected chi connectivity index (χ0v) is 43.4. The summed E-state index contributed by atoms with van der Waals surface area (Å²) in [6.45, 7) is 3.02. The van der Waals surface area contributed by atoms with Crippen molar-refractivity contribution in [2.24, 2.45) is 0 Å². The van der Waals surface area contributed by atoms with Gasteiger partial charge >= 0.3 is 0 Å². The van der Waals surface area contributed by atoms with Crippen molar-refractivity contribution in [3.05, 3.63) is 148 Å². The van der Waals surface area contributed by atoms with Crippen LogP contribution in [-0.2, 0) is 32.2 Å². The quantitative estimate of drug-likeness (QED) is 0.0590. The first kappa shape index (κ1) is 52.9. The average Bonchev–Trinajstić information content (AvgIpc) is 4.08. The van der Waals surface area contributed by atoms with Crippen molar-refractivity contribution in [1.82, 2.24) is 40.4 Å². The van der Waals surface area contributed by atoms with Crippen LogP contribution in [0.1, 0.15) is 93.6 Å². The predicted molar refractivity (Wildman–Crippen MR) is 287 cm³/mol. The Morgan fingerprint density at radius 1 is 0.727 bits per heavy atom. The maximum atomic E-state index is 13.3. The third kappa shape index (κ3) is 12.7. The number of halogens is 1. The smallest absolute Gasteiger partial charge is 0.254 e. The maximum absolute atomic E-state index is 13.3. The summed E-state index contributed by atoms with van der Waals surface area (Å²) in [4.78, 5) is 73.3. The molecule has 20 heteroatoms. The first-order valence-electron chi connectivity index (χ1n) is 25.9. The number of carbonyl (C=O) groups excluding carboxylic acids is 4. The van der Waals surface area contributed by atoms with Gasteiger partial charge in [-0.05, 0) is 91.1 Å². The second kappa shape index (κ2) is 23.8. The average molecular weight is 1070 g/mol. The molecule has 6 N–H and O–H groups in total. The van der Waals surface area contributed by atoms with Gasteiger partial charge < -0.3 is 55.5 Å². The largest absolute Gasteiger partial charge is 0.497 e. The summed E-state index contributed by atoms with van der Waals surface area (Å²) >= 11 is 6.46. The molecule has 1 aliphatic carbocycles. The van der Waals surface area contributed by atoms with Crippen LogP contribution in [0.5, 0.6) is 5.75 Å². The number of amides is 4. The Hall–Kier alpha value is -7.55. The highest BCUT2D eigenvalue weighted by molar-refractivity contribution is 6.33. The minimum Gasteiger partial charge on any atom is -0.497 e. The number of aliphatic hydroxyl groups excluding tert-OH is 1. The highest BCUT2D eigenvalue weighted by Crippen LogP contribution is 2.46. The summed E-state index contributed by atoms with van der Waals surface area (Å²) in [6.07, 6.45) is 8.09. The fraction of sp³-hybridized carbons (Fsp3) is 0.368. The number of carbonyl (C=O) groups is 4. The maximum Gasteiger partial charge on any atom is 0.254 e. The molecule has 6 aromatic rings. The number of aliphatic hydroxyl groups is 2. The van der Waals surface area contributed by atoms with E-state index in [1.165, 1.54) is 9.80 Å². The Kier molecular flexibility index (Phi) is 16.3. The zero-order chi connectivity index (χ0) is 53.5. The van der Waals surface area contributed by atoms with E-state index in [1.807, 2.05) is 66.7 Å². The Morgan fingerprint density at radius 2 is 1.31 bits per heavy atom. The second-order valence-electron chi connectivity index (χ2n) is 19.9. The third-order valence-corrected chi connectivity index (χ3v) is 14.8. The molecule has 77 heavy (non-hydrogen) atoms. The lowest BCUT2D eigenvalue weighted by Crippen LogP contribution is -2.43. The number of benzene rings is 4. The Morgan fingerprint density at radius 3 is 1.92 bits per heavy atom. The van der Waals surface area contributed by atoms with Gasteiger partial charge in [0.15, 0.2) is 0 Å². The van der Waals surface area contributed by atoms with E-state index < -0.39 is 17.7 Å². The predicted octanol–water partition coefficient (Wildman–Crippen LogP) is 6.27. The molecule has 0 bridgehead atoms. The van der Waals surface area contributed by atoms with Crippen LogP contribution in [-0.4, -0.2) is 134 Å². The molecule has 0 unspecified atom stereocenters. The van der Waals surface area contributed by atoms with Gasteiger partial charge in [-0.2, -0.15) is 0 Å². The molecule has 19 nitrogen and oxygen atoms in total. The molecule has 2 aromatic heterocycles. The second-order valence-corrected chi connectivity index (χ2v) is 20.3. The van der Waals surface area contributed by atoms with Gasteiger partial charge in [0, 0.05) is 80.1 Å². The molecule has 4 aliphatic heterocycles. The molecule has 0 spiro atoms. The molecule has 3 fully saturated rings. The lowest BCUT2D eigenvalue weighted by molar-refractivity contribution is -0.124. The van der Waals surface area contributed by atoms with Crippen molar-refractivity contribution in [2.45, 2.75) is 81.4 Å². The van der Waals surface area contributed by atoms with E-state index in [0.717, 1.165) is 66.7 Å². The van der Waals surface area contributed by atoms with Crippen molar-refractivity contribution in [3.8, 4) is 28.3 Å². The van der Waals surface area contributed by atoms with Gasteiger partial charge in [-0.25, -0.2) is 19.9 Å². The van der Waals surface area contributed by atoms with Crippen molar-refractivity contribution in [3.63, 3.8) is 0 Å². The minimum absolute atomic E-state index is 0.101. The van der Waals surface area contributed by atoms with E-state index in [2.05, 4.69) is 41.2 Å². The van der Waals surface area contributed by atoms with Crippen LogP contribution in [0.15, 0.2) is 109 Å². The number of fused-ring (bicyclic) bond motifs is 2. The molecule has 4 amide bonds. The van der Waals surface area contributed by atoms with Crippen molar-refractivity contribution in [1.29, 1.82) is 0 Å². The first-order valence-corrected chi connectivity index (χ1v) is 26.3. The van der Waals surface area contributed by atoms with Crippen molar-refractivity contribution in [2.75, 3.05) is 63.9 Å². The van der Waals surface area contributed by atoms with E-state index in [9.17, 15) is 29.4 Å². The highest BCUT2D eigenvalue weighted by Gasteiger charge is 2.49. The molecule has 5 aliphatic rings. The molecule has 0 radical (unpaired) electrons. The van der Waals surface area contributed by atoms with E-state index in [0.29, 0.717) is 89.9 Å². The van der Waals surface area contributed by atoms with Crippen LogP contribution in [0.3, 0.4) is 0 Å². The van der Waals surface area contributed by atoms with Crippen LogP contribution < -0.4 is 26.0 Å². The SMILES string of the molecule is COc1cccc([C@@H](CO)NC(=O)CN2Cc3ccc(-c4ccnc(NC5CCOCC5)n4)cc3C2=O)c1.O=C(CN1Cc2ccc(-c3nc(NC4CCOCC4)ncc3Cl)cc2C1=O)N[C@@H](c1ccccc1)C1(O)CC1. The summed E-state index contributed by atoms with van der Waals surface area (Å²) < 4.78 is 16.1. The topological polar surface area (TPSA) is 243 Å². The number of methoxy groups -OCH3 is 1. The summed E-state index contributed by atoms with van der Waals surface area (Å²) in [5, 5.41) is 33.5. The molecule has 2 saturated heterocycles. The van der Waals surface area contributed by atoms with Crippen LogP contribution in [0.4, 0.5) is 11.9 Å². The molecule has 4 aromatic carbocycles. The molecular weight excluding hydrogens is 1000 g/mol. The number of hydrogen-bond acceptors (Lipinski definition) is 15. The minimum atomic E-state index is -0.945. The fourth-order valence-electron chi connectivity index (χ4n) is 10.0. The van der Waals surface area contributed by atoms with Gasteiger partial charge in [0.2, 0.25) is 23.7 Å². The number of aromatic nitrogens is 4. The lowest BCUT2D eigenvalue weighted by Gasteiger charge is -2.25. The van der Waals surface area contributed by atoms with E-state index in [-0.39, 0.29) is 55.4 Å². The van der Waals surface area contributed by atoms with Crippen LogP contribution in [0.25, 0.3) is 22.5 Å². The summed E-state index contributed by atoms with van der Waals surface area (Å²) in [7, 11) is 1.56. The van der Waals surface area contributed by atoms with Crippen LogP contribution in [0, 0.1) is 0 Å². The highest BCUT2D eigenvalue weighted by atomic mass is 35.5. The lowest BCUT2D eigenvalue weighted by atomic mass is 9.99. The van der Waals surface area contributed by atoms with Crippen molar-refractivity contribution < 1.29 is 43.6 Å². The monoisotopic (exact) mass is 1060 g/mol. The molecule has 400 valence electrons. The number of nitrogens with one attached hydrogen (secondary N) is 4. The Bertz CT molecular complexity index is 3120. The normalized spacial score (nSPS) is 17.6. The summed E-state index contributed by atoms with van der Waals surface area (Å²) in [5.74, 6) is 0.556. The van der Waals surface area contributed by atoms with E-state index in [4.69, 9.17) is 25.8 Å². The van der Waals surface area contributed by atoms with Gasteiger partial charge in [-0.15, -0.1) is 0 Å². The third-order valence-electron chi connectivity index (χ3n) is 14.5. The molecule has 11 rings (SSSR count). The number of ether oxygens (including phenoxy) is 3. The zero-order valence-electron chi connectivity index (χ0n) is 42.6. The van der Waals surface area contributed by atoms with Gasteiger partial charge in [0.05, 0.1) is 54.0 Å². The van der Waals surface area contributed by atoms with Crippen LogP contribution >= 0.6 is 11.6 Å². The van der Waals surface area contributed by atoms with Gasteiger partial charge in [0.25, 0.3) is 11.8 Å². The van der Waals surface area contributed by atoms with Crippen molar-refractivity contribution >= 4 is 47.1 Å². The van der Waals surface area contributed by atoms with Gasteiger partial charge in [-0.3, -0.25) is 19.2 Å². The molecule has 6 heterocycles. The number of anilines is 2. The first-order chi connectivity index (χ1) is 37.4. The summed E-state index contributed by atoms with van der Waals surface area (Å²) in [5.41, 5.74) is 6.15. The standard InChI is InChI=1S/C29H30ClN5O4.C28H31N5O5/c30-23-15-31-28(32-21-8-12-39-13-9-21)34-25(23)19-6-7-20-16-35(27(37)22(20)14-19)17-24(36)33-26(29(38)10-11-29)18-4-2-1-3-5-18;1-37-22-4-2-3-18(13-22)25(17-34)31-26(35)16-33-15-20-6-5-19(14-23(20)27(33)36)24-7-10-29-28(32-24)30-21-8-11-38-12-9-21/h1-7,14-15,21,26,38H,8-13,16-17H2,(H,33,36)(H,31,32,34);2-7,10,13-14,21,25,34H,8-9,11-12,15-17H2,1H3,(H,31,35)(H,29,30,32)/t26-;25-/m01/s1. The number of rotatable bonds is 17. The molecular formula is C57H61ClN10O9. The van der Waals surface area contributed by atoms with Gasteiger partial charge in [-0.1, -0.05) is 78.3 Å². The van der Waals surface area contributed by atoms with E-state index in [1.54, 1.807) is 49.8 Å². The number of hydrogen-bond donors (Lipinski definition) is 6. The Balaban J connectivity index is 0.000000175. The molecule has 2 atom stereocenters. The molecule has 1 saturated carbocycles. The van der Waals surface area contributed by atoms with Crippen LogP contribution in [0.2, 0.25) is 5.02 Å².